The Morgan fingerprint density at radius 3 is 1.02 bits per heavy atom. The van der Waals surface area contributed by atoms with E-state index in [2.05, 4.69) is 42.3 Å². The van der Waals surface area contributed by atoms with Gasteiger partial charge in [-0.05, 0) is 38.5 Å². The van der Waals surface area contributed by atoms with E-state index >= 15 is 0 Å². The smallest absolute Gasteiger partial charge is 0.126 e. The van der Waals surface area contributed by atoms with Gasteiger partial charge in [0.25, 0.3) is 0 Å². The second-order valence-corrected chi connectivity index (χ2v) is 19.6. The molecule has 0 amide bonds. The summed E-state index contributed by atoms with van der Waals surface area (Å²) in [6, 6.07) is 0. The van der Waals surface area contributed by atoms with Crippen LogP contribution in [0.1, 0.15) is 96.3 Å². The van der Waals surface area contributed by atoms with Crippen LogP contribution in [0.2, 0.25) is 0 Å². The van der Waals surface area contributed by atoms with Gasteiger partial charge < -0.3 is 52.8 Å². The standard InChI is InChI=1S/C42H86N3O8/c1-43(2,22-35-16-10-7-11-17-35)25-38(46)28-50-30-41(49)31-52-34-42(53-32-40(48)27-45(5,6)24-37-20-14-9-15-21-37)33-51-29-39(47)26-44(3,4)23-36-18-12-8-13-19-36/h35-42,46-49H,7-34H2,1-6H3/q+3. The van der Waals surface area contributed by atoms with Crippen molar-refractivity contribution in [2.24, 2.45) is 17.8 Å². The first-order chi connectivity index (χ1) is 25.1. The van der Waals surface area contributed by atoms with Crippen LogP contribution >= 0.6 is 0 Å². The molecule has 11 heteroatoms. The van der Waals surface area contributed by atoms with Crippen LogP contribution in [0.25, 0.3) is 0 Å². The van der Waals surface area contributed by atoms with Gasteiger partial charge in [0.1, 0.15) is 50.2 Å². The zero-order valence-electron chi connectivity index (χ0n) is 35.2. The molecule has 3 saturated carbocycles. The molecule has 0 aromatic rings. The zero-order chi connectivity index (χ0) is 38.7. The van der Waals surface area contributed by atoms with Gasteiger partial charge in [0.15, 0.2) is 0 Å². The fourth-order valence-electron chi connectivity index (χ4n) is 9.75. The molecule has 0 aliphatic heterocycles. The molecule has 3 aliphatic rings. The molecule has 3 aliphatic carbocycles. The van der Waals surface area contributed by atoms with Crippen molar-refractivity contribution < 1.29 is 52.8 Å². The third-order valence-electron chi connectivity index (χ3n) is 11.9. The number of aliphatic hydroxyl groups excluding tert-OH is 4. The number of likely N-dealkylation sites (N-methyl/N-ethyl adjacent to an activating group) is 3. The molecule has 0 radical (unpaired) electrons. The Bertz CT molecular complexity index is 937. The maximum atomic E-state index is 11.0. The molecule has 3 rings (SSSR count). The molecule has 0 heterocycles. The molecule has 314 valence electrons. The molecule has 3 fully saturated rings. The minimum Gasteiger partial charge on any atom is -0.388 e. The third-order valence-corrected chi connectivity index (χ3v) is 11.9. The van der Waals surface area contributed by atoms with Crippen LogP contribution < -0.4 is 0 Å². The van der Waals surface area contributed by atoms with Crippen LogP contribution in [0, 0.1) is 17.8 Å². The van der Waals surface area contributed by atoms with Gasteiger partial charge in [-0.3, -0.25) is 0 Å². The maximum absolute atomic E-state index is 11.0. The highest BCUT2D eigenvalue weighted by atomic mass is 16.6. The summed E-state index contributed by atoms with van der Waals surface area (Å²) in [6.45, 7) is 6.14. The summed E-state index contributed by atoms with van der Waals surface area (Å²) in [6.07, 6.45) is 16.5. The largest absolute Gasteiger partial charge is 0.388 e. The van der Waals surface area contributed by atoms with Gasteiger partial charge >= 0.3 is 0 Å². The van der Waals surface area contributed by atoms with Crippen molar-refractivity contribution in [1.82, 2.24) is 0 Å². The summed E-state index contributed by atoms with van der Waals surface area (Å²) >= 11 is 0. The van der Waals surface area contributed by atoms with Crippen molar-refractivity contribution in [2.45, 2.75) is 127 Å². The summed E-state index contributed by atoms with van der Waals surface area (Å²) in [5.41, 5.74) is 0. The van der Waals surface area contributed by atoms with E-state index in [1.165, 1.54) is 96.3 Å². The Hall–Kier alpha value is -0.440. The molecule has 0 aromatic heterocycles. The zero-order valence-corrected chi connectivity index (χ0v) is 35.2. The van der Waals surface area contributed by atoms with Crippen LogP contribution in [-0.4, -0.2) is 192 Å². The van der Waals surface area contributed by atoms with E-state index in [0.29, 0.717) is 19.6 Å². The van der Waals surface area contributed by atoms with Crippen molar-refractivity contribution in [3.63, 3.8) is 0 Å². The second-order valence-electron chi connectivity index (χ2n) is 19.6. The Morgan fingerprint density at radius 2 is 0.679 bits per heavy atom. The summed E-state index contributed by atoms with van der Waals surface area (Å²) in [5, 5.41) is 43.2. The summed E-state index contributed by atoms with van der Waals surface area (Å²) in [7, 11) is 13.1. The normalized spacial score (nSPS) is 22.1. The van der Waals surface area contributed by atoms with E-state index in [1.54, 1.807) is 0 Å². The van der Waals surface area contributed by atoms with Crippen LogP contribution in [0.5, 0.6) is 0 Å². The minimum absolute atomic E-state index is 0.0580. The molecule has 53 heavy (non-hydrogen) atoms. The van der Waals surface area contributed by atoms with Crippen molar-refractivity contribution in [2.75, 3.05) is 128 Å². The highest BCUT2D eigenvalue weighted by molar-refractivity contribution is 4.69. The molecule has 0 aromatic carbocycles. The van der Waals surface area contributed by atoms with Gasteiger partial charge in [-0.1, -0.05) is 57.8 Å². The fraction of sp³-hybridized carbons (Fsp3) is 1.00. The molecular formula is C42H86N3O8+3. The van der Waals surface area contributed by atoms with E-state index in [1.807, 2.05) is 0 Å². The third kappa shape index (κ3) is 21.6. The molecule has 0 spiro atoms. The molecular weight excluding hydrogens is 674 g/mol. The van der Waals surface area contributed by atoms with Crippen molar-refractivity contribution in [3.8, 4) is 0 Å². The van der Waals surface area contributed by atoms with E-state index in [-0.39, 0.29) is 46.2 Å². The molecule has 5 atom stereocenters. The lowest BCUT2D eigenvalue weighted by Gasteiger charge is -2.36. The molecule has 11 nitrogen and oxygen atoms in total. The molecule has 0 saturated heterocycles. The molecule has 5 unspecified atom stereocenters. The summed E-state index contributed by atoms with van der Waals surface area (Å²) in [4.78, 5) is 0. The number of hydrogen-bond acceptors (Lipinski definition) is 8. The van der Waals surface area contributed by atoms with Crippen molar-refractivity contribution in [3.05, 3.63) is 0 Å². The fourth-order valence-corrected chi connectivity index (χ4v) is 9.75. The number of quaternary nitrogens is 3. The highest BCUT2D eigenvalue weighted by Crippen LogP contribution is 2.28. The van der Waals surface area contributed by atoms with E-state index in [4.69, 9.17) is 18.9 Å². The lowest BCUT2D eigenvalue weighted by molar-refractivity contribution is -0.897. The highest BCUT2D eigenvalue weighted by Gasteiger charge is 2.30. The number of hydrogen-bond donors (Lipinski definition) is 4. The van der Waals surface area contributed by atoms with E-state index in [9.17, 15) is 20.4 Å². The number of ether oxygens (including phenoxy) is 4. The van der Waals surface area contributed by atoms with Crippen molar-refractivity contribution in [1.29, 1.82) is 0 Å². The first kappa shape index (κ1) is 46.9. The van der Waals surface area contributed by atoms with Crippen LogP contribution in [0.4, 0.5) is 0 Å². The number of aliphatic hydroxyl groups is 4. The summed E-state index contributed by atoms with van der Waals surface area (Å²) in [5.74, 6) is 2.18. The van der Waals surface area contributed by atoms with E-state index < -0.39 is 30.5 Å². The van der Waals surface area contributed by atoms with Crippen LogP contribution in [0.3, 0.4) is 0 Å². The van der Waals surface area contributed by atoms with Crippen LogP contribution in [-0.2, 0) is 18.9 Å². The predicted octanol–water partition coefficient (Wildman–Crippen LogP) is 3.84. The Kier molecular flexibility index (Phi) is 21.6. The van der Waals surface area contributed by atoms with Gasteiger partial charge in [0, 0.05) is 17.8 Å². The predicted molar refractivity (Wildman–Crippen MR) is 211 cm³/mol. The Labute approximate surface area is 324 Å². The lowest BCUT2D eigenvalue weighted by Crippen LogP contribution is -2.50. The Balaban J connectivity index is 1.40. The number of rotatable bonds is 27. The minimum atomic E-state index is -0.844. The lowest BCUT2D eigenvalue weighted by atomic mass is 9.88. The van der Waals surface area contributed by atoms with E-state index in [0.717, 1.165) is 50.8 Å². The van der Waals surface area contributed by atoms with Gasteiger partial charge in [-0.2, -0.15) is 0 Å². The Morgan fingerprint density at radius 1 is 0.396 bits per heavy atom. The molecule has 0 bridgehead atoms. The number of nitrogens with zero attached hydrogens (tertiary/aromatic N) is 3. The SMILES string of the molecule is C[N+](C)(CC(O)COCC(O)COCC(COCC(O)C[N+](C)(C)CC1CCCCC1)OCC(O)C[N+](C)(C)CC1CCCCC1)CC1CCCCC1. The monoisotopic (exact) mass is 761 g/mol. The van der Waals surface area contributed by atoms with Crippen molar-refractivity contribution >= 4 is 0 Å². The van der Waals surface area contributed by atoms with Gasteiger partial charge in [-0.15, -0.1) is 0 Å². The summed E-state index contributed by atoms with van der Waals surface area (Å²) < 4.78 is 26.1. The van der Waals surface area contributed by atoms with Gasteiger partial charge in [0.05, 0.1) is 108 Å². The van der Waals surface area contributed by atoms with Gasteiger partial charge in [-0.25, -0.2) is 0 Å². The average molecular weight is 761 g/mol. The van der Waals surface area contributed by atoms with Gasteiger partial charge in [0.2, 0.25) is 0 Å². The molecule has 4 N–H and O–H groups in total. The first-order valence-corrected chi connectivity index (χ1v) is 21.6. The average Bonchev–Trinajstić information content (AvgIpc) is 3.07. The first-order valence-electron chi connectivity index (χ1n) is 21.6. The van der Waals surface area contributed by atoms with Crippen LogP contribution in [0.15, 0.2) is 0 Å². The topological polar surface area (TPSA) is 118 Å². The maximum Gasteiger partial charge on any atom is 0.126 e. The second kappa shape index (κ2) is 24.4. The quantitative estimate of drug-likeness (QED) is 0.0935.